The Bertz CT molecular complexity index is 1410. The van der Waals surface area contributed by atoms with Crippen LogP contribution >= 0.6 is 0 Å². The van der Waals surface area contributed by atoms with E-state index in [2.05, 4.69) is 20.0 Å². The maximum absolute atomic E-state index is 11.9. The number of carbonyl (C=O) groups excluding carboxylic acids is 1. The Kier molecular flexibility index (Phi) is 5.29. The van der Waals surface area contributed by atoms with Gasteiger partial charge in [-0.3, -0.25) is 9.36 Å². The molecule has 12 heteroatoms. The van der Waals surface area contributed by atoms with Crippen molar-refractivity contribution in [3.05, 3.63) is 36.5 Å². The zero-order valence-electron chi connectivity index (χ0n) is 18.9. The number of fused-ring (bicyclic) bond motifs is 4. The maximum Gasteiger partial charge on any atom is 0.309 e. The van der Waals surface area contributed by atoms with Gasteiger partial charge in [0.1, 0.15) is 17.0 Å². The molecule has 178 valence electrons. The molecule has 1 aromatic carbocycles. The molecule has 1 aliphatic carbocycles. The van der Waals surface area contributed by atoms with Crippen molar-refractivity contribution in [2.45, 2.75) is 49.5 Å². The number of hydrazone groups is 1. The topological polar surface area (TPSA) is 145 Å². The summed E-state index contributed by atoms with van der Waals surface area (Å²) in [6.07, 6.45) is 6.36. The number of nitrogens with two attached hydrogens (primary N) is 1. The third kappa shape index (κ3) is 3.78. The number of aromatic nitrogens is 3. The minimum Gasteiger partial charge on any atom is -0.407 e. The van der Waals surface area contributed by atoms with Crippen molar-refractivity contribution in [1.82, 2.24) is 14.5 Å². The van der Waals surface area contributed by atoms with Crippen LogP contribution in [0.25, 0.3) is 11.0 Å². The van der Waals surface area contributed by atoms with Gasteiger partial charge in [-0.05, 0) is 43.2 Å². The van der Waals surface area contributed by atoms with E-state index in [4.69, 9.17) is 14.9 Å². The van der Waals surface area contributed by atoms with E-state index in [1.54, 1.807) is 23.3 Å². The molecular weight excluding hydrogens is 458 g/mol. The Labute approximate surface area is 196 Å². The van der Waals surface area contributed by atoms with Crippen LogP contribution in [0.4, 0.5) is 17.5 Å². The summed E-state index contributed by atoms with van der Waals surface area (Å²) in [6.45, 7) is 1.38. The van der Waals surface area contributed by atoms with Crippen LogP contribution in [0, 0.1) is 0 Å². The fourth-order valence-corrected chi connectivity index (χ4v) is 5.27. The van der Waals surface area contributed by atoms with E-state index in [0.29, 0.717) is 23.2 Å². The van der Waals surface area contributed by atoms with Gasteiger partial charge in [0.05, 0.1) is 4.90 Å². The first-order valence-corrected chi connectivity index (χ1v) is 12.5. The summed E-state index contributed by atoms with van der Waals surface area (Å²) >= 11 is 0. The van der Waals surface area contributed by atoms with Gasteiger partial charge in [-0.15, -0.1) is 5.10 Å². The van der Waals surface area contributed by atoms with E-state index in [1.807, 2.05) is 13.1 Å². The number of hydrogen-bond acceptors (Lipinski definition) is 9. The molecule has 0 radical (unpaired) electrons. The standard InChI is InChI=1S/C22H25N7O4S/c1-14(30)33-20-22(10-4-3-5-11-22)29-18(28(2)27-20)12-15-13-24-21(26-19(15)29)25-16-6-8-17(9-7-16)34(23,31)32/h6-9,12-13H,3-5,10-11H2,1-2H3,(H2,23,31,32)(H,24,25,26). The molecule has 0 atom stereocenters. The molecule has 1 spiro atoms. The van der Waals surface area contributed by atoms with Crippen molar-refractivity contribution in [3.63, 3.8) is 0 Å². The number of esters is 1. The second-order valence-electron chi connectivity index (χ2n) is 8.62. The van der Waals surface area contributed by atoms with Gasteiger partial charge in [0.2, 0.25) is 21.9 Å². The minimum absolute atomic E-state index is 0.0228. The molecule has 1 aliphatic heterocycles. The first kappa shape index (κ1) is 22.3. The van der Waals surface area contributed by atoms with Crippen LogP contribution in [-0.4, -0.2) is 41.9 Å². The van der Waals surface area contributed by atoms with Gasteiger partial charge in [-0.1, -0.05) is 19.3 Å². The summed E-state index contributed by atoms with van der Waals surface area (Å²) in [6, 6.07) is 8.02. The van der Waals surface area contributed by atoms with E-state index in [1.165, 1.54) is 19.1 Å². The highest BCUT2D eigenvalue weighted by atomic mass is 32.2. The van der Waals surface area contributed by atoms with Crippen LogP contribution in [0.15, 0.2) is 46.5 Å². The van der Waals surface area contributed by atoms with E-state index in [9.17, 15) is 13.2 Å². The van der Waals surface area contributed by atoms with E-state index >= 15 is 0 Å². The van der Waals surface area contributed by atoms with Crippen molar-refractivity contribution in [1.29, 1.82) is 0 Å². The largest absolute Gasteiger partial charge is 0.407 e. The second-order valence-corrected chi connectivity index (χ2v) is 10.2. The number of rotatable bonds is 3. The van der Waals surface area contributed by atoms with Gasteiger partial charge < -0.3 is 10.1 Å². The van der Waals surface area contributed by atoms with Crippen LogP contribution in [-0.2, 0) is 25.1 Å². The lowest BCUT2D eigenvalue weighted by Gasteiger charge is -2.43. The first-order valence-electron chi connectivity index (χ1n) is 11.0. The average Bonchev–Trinajstić information content (AvgIpc) is 3.18. The lowest BCUT2D eigenvalue weighted by Crippen LogP contribution is -2.50. The fraction of sp³-hybridized carbons (Fsp3) is 0.364. The number of carbonyl (C=O) groups is 1. The molecule has 1 saturated carbocycles. The maximum atomic E-state index is 11.9. The predicted octanol–water partition coefficient (Wildman–Crippen LogP) is 2.81. The Balaban J connectivity index is 1.58. The number of hydrogen-bond donors (Lipinski definition) is 2. The number of nitrogens with one attached hydrogen (secondary N) is 1. The smallest absolute Gasteiger partial charge is 0.309 e. The quantitative estimate of drug-likeness (QED) is 0.541. The van der Waals surface area contributed by atoms with E-state index in [-0.39, 0.29) is 4.90 Å². The molecule has 2 aliphatic rings. The summed E-state index contributed by atoms with van der Waals surface area (Å²) in [4.78, 5) is 21.1. The molecule has 3 aromatic rings. The van der Waals surface area contributed by atoms with Crippen molar-refractivity contribution >= 4 is 50.4 Å². The number of sulfonamides is 1. The molecular formula is C22H25N7O4S. The zero-order chi connectivity index (χ0) is 24.1. The van der Waals surface area contributed by atoms with E-state index < -0.39 is 21.5 Å². The molecule has 11 nitrogen and oxygen atoms in total. The van der Waals surface area contributed by atoms with Gasteiger partial charge >= 0.3 is 5.97 Å². The van der Waals surface area contributed by atoms with Crippen molar-refractivity contribution in [2.75, 3.05) is 17.4 Å². The van der Waals surface area contributed by atoms with Crippen molar-refractivity contribution in [2.24, 2.45) is 10.2 Å². The van der Waals surface area contributed by atoms with Gasteiger partial charge in [0.25, 0.3) is 0 Å². The number of benzene rings is 1. The number of primary sulfonamides is 1. The van der Waals surface area contributed by atoms with Crippen molar-refractivity contribution < 1.29 is 17.9 Å². The Hall–Kier alpha value is -3.51. The summed E-state index contributed by atoms with van der Waals surface area (Å²) < 4.78 is 30.8. The van der Waals surface area contributed by atoms with E-state index in [0.717, 1.165) is 43.3 Å². The molecule has 34 heavy (non-hydrogen) atoms. The molecule has 0 bridgehead atoms. The minimum atomic E-state index is -3.77. The molecule has 5 rings (SSSR count). The molecule has 3 N–H and O–H groups in total. The SMILES string of the molecule is CC(=O)OC1=NN(C)c2cc3cnc(Nc4ccc(S(N)(=O)=O)cc4)nc3n2C12CCCCC2. The van der Waals surface area contributed by atoms with Crippen LogP contribution in [0.2, 0.25) is 0 Å². The molecule has 0 unspecified atom stereocenters. The van der Waals surface area contributed by atoms with Crippen LogP contribution < -0.4 is 15.5 Å². The lowest BCUT2D eigenvalue weighted by molar-refractivity contribution is -0.133. The van der Waals surface area contributed by atoms with Gasteiger partial charge in [0.15, 0.2) is 0 Å². The monoisotopic (exact) mass is 483 g/mol. The molecule has 2 aromatic heterocycles. The van der Waals surface area contributed by atoms with Crippen molar-refractivity contribution in [3.8, 4) is 0 Å². The highest BCUT2D eigenvalue weighted by Crippen LogP contribution is 2.45. The summed E-state index contributed by atoms with van der Waals surface area (Å²) in [5.74, 6) is 1.18. The van der Waals surface area contributed by atoms with Gasteiger partial charge in [0, 0.05) is 31.2 Å². The number of ether oxygens (including phenoxy) is 1. The Morgan fingerprint density at radius 3 is 2.53 bits per heavy atom. The number of nitrogens with zero attached hydrogens (tertiary/aromatic N) is 5. The van der Waals surface area contributed by atoms with Gasteiger partial charge in [-0.25, -0.2) is 23.5 Å². The normalized spacial score (nSPS) is 17.4. The van der Waals surface area contributed by atoms with Crippen LogP contribution in [0.3, 0.4) is 0 Å². The third-order valence-corrected chi connectivity index (χ3v) is 7.21. The molecule has 0 saturated heterocycles. The molecule has 3 heterocycles. The highest BCUT2D eigenvalue weighted by molar-refractivity contribution is 7.89. The average molecular weight is 484 g/mol. The predicted molar refractivity (Wildman–Crippen MR) is 127 cm³/mol. The van der Waals surface area contributed by atoms with Gasteiger partial charge in [-0.2, -0.15) is 4.98 Å². The molecule has 1 fully saturated rings. The summed E-state index contributed by atoms with van der Waals surface area (Å²) in [5, 5.41) is 15.4. The first-order chi connectivity index (χ1) is 16.2. The summed E-state index contributed by atoms with van der Waals surface area (Å²) in [5.41, 5.74) is 0.710. The Morgan fingerprint density at radius 2 is 1.88 bits per heavy atom. The zero-order valence-corrected chi connectivity index (χ0v) is 19.7. The number of anilines is 3. The second kappa shape index (κ2) is 8.06. The lowest BCUT2D eigenvalue weighted by atomic mass is 9.80. The van der Waals surface area contributed by atoms with Crippen LogP contribution in [0.1, 0.15) is 39.0 Å². The Morgan fingerprint density at radius 1 is 1.18 bits per heavy atom. The highest BCUT2D eigenvalue weighted by Gasteiger charge is 2.47. The van der Waals surface area contributed by atoms with Crippen LogP contribution in [0.5, 0.6) is 0 Å². The fourth-order valence-electron chi connectivity index (χ4n) is 4.75. The third-order valence-electron chi connectivity index (χ3n) is 6.28. The summed E-state index contributed by atoms with van der Waals surface area (Å²) in [7, 11) is -1.96. The molecule has 0 amide bonds.